The number of aliphatic imine (C=N–C) groups is 1. The van der Waals surface area contributed by atoms with Crippen molar-refractivity contribution < 1.29 is 0 Å². The Labute approximate surface area is 112 Å². The molecular formula is C14H30N4. The zero-order valence-electron chi connectivity index (χ0n) is 12.7. The van der Waals surface area contributed by atoms with Crippen LogP contribution in [0, 0.1) is 0 Å². The summed E-state index contributed by atoms with van der Waals surface area (Å²) in [6.07, 6.45) is 6.63. The molecule has 0 atom stereocenters. The van der Waals surface area contributed by atoms with Gasteiger partial charge in [-0.15, -0.1) is 0 Å². The zero-order chi connectivity index (χ0) is 13.6. The Morgan fingerprint density at radius 3 is 2.33 bits per heavy atom. The minimum absolute atomic E-state index is 0.129. The predicted molar refractivity (Wildman–Crippen MR) is 79.1 cm³/mol. The Kier molecular flexibility index (Phi) is 5.93. The van der Waals surface area contributed by atoms with Crippen LogP contribution in [0.15, 0.2) is 4.99 Å². The van der Waals surface area contributed by atoms with Crippen LogP contribution < -0.4 is 10.6 Å². The monoisotopic (exact) mass is 254 g/mol. The van der Waals surface area contributed by atoms with Gasteiger partial charge >= 0.3 is 0 Å². The summed E-state index contributed by atoms with van der Waals surface area (Å²) in [5.74, 6) is 0.942. The first-order chi connectivity index (χ1) is 8.45. The van der Waals surface area contributed by atoms with Gasteiger partial charge in [0.05, 0.1) is 0 Å². The van der Waals surface area contributed by atoms with Crippen molar-refractivity contribution in [1.29, 1.82) is 0 Å². The highest BCUT2D eigenvalue weighted by Gasteiger charge is 2.21. The summed E-state index contributed by atoms with van der Waals surface area (Å²) >= 11 is 0. The highest BCUT2D eigenvalue weighted by Crippen LogP contribution is 2.17. The molecule has 0 aromatic rings. The summed E-state index contributed by atoms with van der Waals surface area (Å²) in [6.45, 7) is 5.36. The summed E-state index contributed by atoms with van der Waals surface area (Å²) < 4.78 is 0. The molecule has 1 aliphatic carbocycles. The fourth-order valence-electron chi connectivity index (χ4n) is 2.09. The molecule has 0 amide bonds. The van der Waals surface area contributed by atoms with Crippen LogP contribution in [0.2, 0.25) is 0 Å². The second kappa shape index (κ2) is 6.98. The van der Waals surface area contributed by atoms with Crippen LogP contribution in [0.25, 0.3) is 0 Å². The van der Waals surface area contributed by atoms with E-state index in [0.29, 0.717) is 6.04 Å². The van der Waals surface area contributed by atoms with Crippen molar-refractivity contribution in [2.75, 3.05) is 27.7 Å². The topological polar surface area (TPSA) is 39.7 Å². The van der Waals surface area contributed by atoms with Gasteiger partial charge in [0.2, 0.25) is 0 Å². The van der Waals surface area contributed by atoms with E-state index in [2.05, 4.69) is 48.5 Å². The van der Waals surface area contributed by atoms with E-state index in [0.717, 1.165) is 12.5 Å². The number of nitrogens with zero attached hydrogens (tertiary/aromatic N) is 2. The molecule has 2 N–H and O–H groups in total. The Balaban J connectivity index is 2.38. The quantitative estimate of drug-likeness (QED) is 0.594. The second-order valence-corrected chi connectivity index (χ2v) is 6.11. The van der Waals surface area contributed by atoms with Gasteiger partial charge in [-0.05, 0) is 40.8 Å². The second-order valence-electron chi connectivity index (χ2n) is 6.11. The molecule has 0 aliphatic heterocycles. The molecule has 18 heavy (non-hydrogen) atoms. The van der Waals surface area contributed by atoms with Crippen molar-refractivity contribution in [3.8, 4) is 0 Å². The van der Waals surface area contributed by atoms with Crippen molar-refractivity contribution in [3.63, 3.8) is 0 Å². The maximum absolute atomic E-state index is 4.32. The summed E-state index contributed by atoms with van der Waals surface area (Å²) in [4.78, 5) is 6.55. The molecule has 0 spiro atoms. The third kappa shape index (κ3) is 4.84. The van der Waals surface area contributed by atoms with Gasteiger partial charge in [-0.3, -0.25) is 4.99 Å². The molecule has 1 aliphatic rings. The number of hydrogen-bond donors (Lipinski definition) is 2. The lowest BCUT2D eigenvalue weighted by molar-refractivity contribution is 0.197. The van der Waals surface area contributed by atoms with Crippen molar-refractivity contribution >= 4 is 5.96 Å². The lowest BCUT2D eigenvalue weighted by atomic mass is 9.96. The van der Waals surface area contributed by atoms with Gasteiger partial charge in [0.15, 0.2) is 5.96 Å². The van der Waals surface area contributed by atoms with Crippen LogP contribution in [-0.2, 0) is 0 Å². The van der Waals surface area contributed by atoms with Crippen molar-refractivity contribution in [2.45, 2.75) is 57.5 Å². The molecule has 4 heteroatoms. The van der Waals surface area contributed by atoms with Crippen LogP contribution in [0.1, 0.15) is 46.0 Å². The lowest BCUT2D eigenvalue weighted by Crippen LogP contribution is -2.52. The highest BCUT2D eigenvalue weighted by atomic mass is 15.2. The third-order valence-electron chi connectivity index (χ3n) is 4.07. The van der Waals surface area contributed by atoms with E-state index in [-0.39, 0.29) is 5.54 Å². The molecule has 0 radical (unpaired) electrons. The molecule has 1 fully saturated rings. The van der Waals surface area contributed by atoms with E-state index in [1.807, 2.05) is 7.05 Å². The Hall–Kier alpha value is -0.770. The van der Waals surface area contributed by atoms with Crippen LogP contribution >= 0.6 is 0 Å². The van der Waals surface area contributed by atoms with Gasteiger partial charge < -0.3 is 15.5 Å². The van der Waals surface area contributed by atoms with Gasteiger partial charge in [-0.1, -0.05) is 19.3 Å². The fraction of sp³-hybridized carbons (Fsp3) is 0.929. The van der Waals surface area contributed by atoms with Gasteiger partial charge in [-0.2, -0.15) is 0 Å². The Morgan fingerprint density at radius 2 is 1.83 bits per heavy atom. The van der Waals surface area contributed by atoms with Gasteiger partial charge in [0.1, 0.15) is 0 Å². The Morgan fingerprint density at radius 1 is 1.22 bits per heavy atom. The summed E-state index contributed by atoms with van der Waals surface area (Å²) in [5, 5.41) is 6.97. The molecule has 4 nitrogen and oxygen atoms in total. The number of likely N-dealkylation sites (N-methyl/N-ethyl adjacent to an activating group) is 1. The number of hydrogen-bond acceptors (Lipinski definition) is 2. The van der Waals surface area contributed by atoms with Crippen molar-refractivity contribution in [1.82, 2.24) is 15.5 Å². The lowest BCUT2D eigenvalue weighted by Gasteiger charge is -2.34. The molecule has 0 aromatic carbocycles. The molecule has 0 unspecified atom stereocenters. The molecule has 106 valence electrons. The van der Waals surface area contributed by atoms with Gasteiger partial charge in [-0.25, -0.2) is 0 Å². The number of guanidine groups is 1. The molecular weight excluding hydrogens is 224 g/mol. The minimum atomic E-state index is 0.129. The van der Waals surface area contributed by atoms with Crippen LogP contribution in [0.5, 0.6) is 0 Å². The smallest absolute Gasteiger partial charge is 0.191 e. The van der Waals surface area contributed by atoms with E-state index in [1.165, 1.54) is 32.1 Å². The van der Waals surface area contributed by atoms with E-state index >= 15 is 0 Å². The standard InChI is InChI=1S/C14H30N4/c1-14(2,18(4)5)11-16-13(15-3)17-12-9-7-6-8-10-12/h12H,6-11H2,1-5H3,(H2,15,16,17). The maximum Gasteiger partial charge on any atom is 0.191 e. The largest absolute Gasteiger partial charge is 0.355 e. The summed E-state index contributed by atoms with van der Waals surface area (Å²) in [5.41, 5.74) is 0.129. The van der Waals surface area contributed by atoms with E-state index < -0.39 is 0 Å². The number of nitrogens with one attached hydrogen (secondary N) is 2. The molecule has 0 saturated heterocycles. The number of rotatable bonds is 4. The minimum Gasteiger partial charge on any atom is -0.355 e. The fourth-order valence-corrected chi connectivity index (χ4v) is 2.09. The SMILES string of the molecule is CN=C(NCC(C)(C)N(C)C)NC1CCCCC1. The average Bonchev–Trinajstić information content (AvgIpc) is 2.35. The van der Waals surface area contributed by atoms with Gasteiger partial charge in [0.25, 0.3) is 0 Å². The zero-order valence-corrected chi connectivity index (χ0v) is 12.7. The van der Waals surface area contributed by atoms with Crippen LogP contribution in [0.4, 0.5) is 0 Å². The van der Waals surface area contributed by atoms with Crippen LogP contribution in [0.3, 0.4) is 0 Å². The first-order valence-electron chi connectivity index (χ1n) is 7.10. The highest BCUT2D eigenvalue weighted by molar-refractivity contribution is 5.80. The molecule has 1 rings (SSSR count). The summed E-state index contributed by atoms with van der Waals surface area (Å²) in [7, 11) is 6.07. The van der Waals surface area contributed by atoms with Crippen LogP contribution in [-0.4, -0.2) is 50.1 Å². The Bertz CT molecular complexity index is 265. The molecule has 0 aromatic heterocycles. The van der Waals surface area contributed by atoms with E-state index in [9.17, 15) is 0 Å². The molecule has 0 heterocycles. The van der Waals surface area contributed by atoms with Crippen molar-refractivity contribution in [2.24, 2.45) is 4.99 Å². The van der Waals surface area contributed by atoms with E-state index in [1.54, 1.807) is 0 Å². The normalized spacial score (nSPS) is 19.1. The van der Waals surface area contributed by atoms with E-state index in [4.69, 9.17) is 0 Å². The maximum atomic E-state index is 4.32. The molecule has 1 saturated carbocycles. The van der Waals surface area contributed by atoms with Gasteiger partial charge in [0, 0.05) is 25.2 Å². The first-order valence-corrected chi connectivity index (χ1v) is 7.10. The summed E-state index contributed by atoms with van der Waals surface area (Å²) in [6, 6.07) is 0.604. The predicted octanol–water partition coefficient (Wildman–Crippen LogP) is 1.82. The van der Waals surface area contributed by atoms with Crippen molar-refractivity contribution in [3.05, 3.63) is 0 Å². The first kappa shape index (κ1) is 15.3. The third-order valence-corrected chi connectivity index (χ3v) is 4.07. The average molecular weight is 254 g/mol. The molecule has 0 bridgehead atoms.